The molecule has 2 heteroatoms. The molecule has 3 aromatic carbocycles. The summed E-state index contributed by atoms with van der Waals surface area (Å²) >= 11 is 7.83. The van der Waals surface area contributed by atoms with Gasteiger partial charge >= 0.3 is 149 Å². The summed E-state index contributed by atoms with van der Waals surface area (Å²) in [5, 5.41) is 3.63. The molecule has 24 heavy (non-hydrogen) atoms. The molecule has 0 bridgehead atoms. The molecule has 0 saturated heterocycles. The topological polar surface area (TPSA) is 0 Å². The molecule has 3 aromatic rings. The molecule has 0 spiro atoms. The Morgan fingerprint density at radius 1 is 0.667 bits per heavy atom. The number of halogens is 1. The van der Waals surface area contributed by atoms with E-state index in [4.69, 9.17) is 11.2 Å². The summed E-state index contributed by atoms with van der Waals surface area (Å²) in [7, 11) is 0. The van der Waals surface area contributed by atoms with Crippen LogP contribution in [0.15, 0.2) is 103 Å². The van der Waals surface area contributed by atoms with Crippen molar-refractivity contribution < 1.29 is 0 Å². The van der Waals surface area contributed by atoms with E-state index >= 15 is 0 Å². The predicted octanol–water partition coefficient (Wildman–Crippen LogP) is 5.25. The fourth-order valence-electron chi connectivity index (χ4n) is 3.28. The van der Waals surface area contributed by atoms with E-state index in [9.17, 15) is 0 Å². The Morgan fingerprint density at radius 2 is 1.00 bits per heavy atom. The monoisotopic (exact) mass is 352 g/mol. The molecule has 0 aliphatic rings. The molecule has 0 aromatic heterocycles. The molecule has 0 radical (unpaired) electrons. The molecular formula is C22H22ClP. The predicted molar refractivity (Wildman–Crippen MR) is 111 cm³/mol. The van der Waals surface area contributed by atoms with E-state index in [1.807, 2.05) is 18.2 Å². The van der Waals surface area contributed by atoms with Crippen molar-refractivity contribution in [3.05, 3.63) is 103 Å². The zero-order valence-corrected chi connectivity index (χ0v) is 15.5. The van der Waals surface area contributed by atoms with E-state index in [-0.39, 0.29) is 0 Å². The summed E-state index contributed by atoms with van der Waals surface area (Å²) in [6.45, 7) is 2.05. The summed E-state index contributed by atoms with van der Waals surface area (Å²) in [4.78, 5) is 0. The summed E-state index contributed by atoms with van der Waals surface area (Å²) in [6.07, 6.45) is 5.11. The minimum atomic E-state index is -3.07. The van der Waals surface area contributed by atoms with Crippen LogP contribution < -0.4 is 15.9 Å². The standard InChI is InChI=1S/C22H22ClP/c1-2-3-19-24(23,20-13-7-4-8-14-20,21-15-9-5-10-16-21)22-17-11-6-12-18-22/h2-18H,19H2,1H3/b3-2+. The van der Waals surface area contributed by atoms with Gasteiger partial charge in [0.1, 0.15) is 0 Å². The molecule has 0 fully saturated rings. The van der Waals surface area contributed by atoms with Crippen LogP contribution in [0.3, 0.4) is 0 Å². The molecule has 122 valence electrons. The van der Waals surface area contributed by atoms with Crippen LogP contribution in [0.25, 0.3) is 0 Å². The second kappa shape index (κ2) is 6.93. The first kappa shape index (κ1) is 17.0. The van der Waals surface area contributed by atoms with Crippen LogP contribution in [0.2, 0.25) is 0 Å². The van der Waals surface area contributed by atoms with Crippen LogP contribution in [0.4, 0.5) is 0 Å². The number of benzene rings is 3. The fourth-order valence-corrected chi connectivity index (χ4v) is 9.05. The Labute approximate surface area is 149 Å². The Bertz CT molecular complexity index is 711. The Kier molecular flexibility index (Phi) is 4.90. The van der Waals surface area contributed by atoms with Crippen LogP contribution in [0.1, 0.15) is 6.92 Å². The van der Waals surface area contributed by atoms with Crippen molar-refractivity contribution >= 4 is 33.1 Å². The van der Waals surface area contributed by atoms with Crippen LogP contribution in [0.5, 0.6) is 0 Å². The maximum absolute atomic E-state index is 7.83. The zero-order chi connectivity index (χ0) is 16.9. The van der Waals surface area contributed by atoms with Gasteiger partial charge in [0, 0.05) is 0 Å². The van der Waals surface area contributed by atoms with E-state index in [0.29, 0.717) is 0 Å². The fraction of sp³-hybridized carbons (Fsp3) is 0.0909. The molecule has 0 aliphatic carbocycles. The Hall–Kier alpha value is -1.88. The molecule has 0 heterocycles. The van der Waals surface area contributed by atoms with Gasteiger partial charge in [-0.2, -0.15) is 0 Å². The van der Waals surface area contributed by atoms with Gasteiger partial charge in [-0.15, -0.1) is 0 Å². The van der Waals surface area contributed by atoms with Crippen molar-refractivity contribution in [2.45, 2.75) is 6.92 Å². The molecule has 0 nitrogen and oxygen atoms in total. The van der Waals surface area contributed by atoms with Crippen molar-refractivity contribution in [3.8, 4) is 0 Å². The number of hydrogen-bond acceptors (Lipinski definition) is 0. The Morgan fingerprint density at radius 3 is 1.29 bits per heavy atom. The van der Waals surface area contributed by atoms with Gasteiger partial charge in [0.15, 0.2) is 0 Å². The van der Waals surface area contributed by atoms with Gasteiger partial charge in [0.25, 0.3) is 0 Å². The molecular weight excluding hydrogens is 331 g/mol. The van der Waals surface area contributed by atoms with Crippen LogP contribution in [0, 0.1) is 0 Å². The molecule has 0 N–H and O–H groups in total. The van der Waals surface area contributed by atoms with Crippen LogP contribution >= 0.6 is 17.2 Å². The molecule has 0 saturated carbocycles. The summed E-state index contributed by atoms with van der Waals surface area (Å²) in [5.74, 6) is -3.07. The Balaban J connectivity index is 2.42. The van der Waals surface area contributed by atoms with Gasteiger partial charge in [-0.1, -0.05) is 0 Å². The van der Waals surface area contributed by atoms with Crippen LogP contribution in [-0.2, 0) is 0 Å². The first-order chi connectivity index (χ1) is 11.7. The molecule has 3 rings (SSSR count). The number of hydrogen-bond donors (Lipinski definition) is 0. The minimum absolute atomic E-state index is 0.807. The molecule has 0 unspecified atom stereocenters. The van der Waals surface area contributed by atoms with E-state index in [1.165, 1.54) is 15.9 Å². The normalized spacial score (nSPS) is 13.5. The first-order valence-corrected chi connectivity index (χ1v) is 11.5. The third kappa shape index (κ3) is 2.71. The third-order valence-electron chi connectivity index (χ3n) is 4.57. The zero-order valence-electron chi connectivity index (χ0n) is 13.8. The quantitative estimate of drug-likeness (QED) is 0.435. The molecule has 0 atom stereocenters. The van der Waals surface area contributed by atoms with Gasteiger partial charge in [-0.3, -0.25) is 0 Å². The molecule has 0 aliphatic heterocycles. The van der Waals surface area contributed by atoms with Gasteiger partial charge in [0.05, 0.1) is 0 Å². The second-order valence-corrected chi connectivity index (χ2v) is 12.5. The van der Waals surface area contributed by atoms with Gasteiger partial charge in [0.2, 0.25) is 0 Å². The van der Waals surface area contributed by atoms with E-state index in [2.05, 4.69) is 91.9 Å². The van der Waals surface area contributed by atoms with Crippen molar-refractivity contribution in [1.29, 1.82) is 0 Å². The van der Waals surface area contributed by atoms with Crippen molar-refractivity contribution in [2.75, 3.05) is 6.16 Å². The van der Waals surface area contributed by atoms with Crippen molar-refractivity contribution in [1.82, 2.24) is 0 Å². The van der Waals surface area contributed by atoms with E-state index < -0.39 is 5.96 Å². The molecule has 0 amide bonds. The SMILES string of the molecule is C/C=C/CP(Cl)(c1ccccc1)(c1ccccc1)c1ccccc1. The maximum atomic E-state index is 7.83. The summed E-state index contributed by atoms with van der Waals surface area (Å²) in [6, 6.07) is 31.7. The van der Waals surface area contributed by atoms with Crippen molar-refractivity contribution in [2.24, 2.45) is 0 Å². The van der Waals surface area contributed by atoms with Gasteiger partial charge < -0.3 is 0 Å². The van der Waals surface area contributed by atoms with E-state index in [1.54, 1.807) is 0 Å². The number of rotatable bonds is 5. The van der Waals surface area contributed by atoms with Gasteiger partial charge in [-0.05, 0) is 0 Å². The van der Waals surface area contributed by atoms with E-state index in [0.717, 1.165) is 6.16 Å². The summed E-state index contributed by atoms with van der Waals surface area (Å²) < 4.78 is 0. The second-order valence-electron chi connectivity index (χ2n) is 5.94. The average molecular weight is 353 g/mol. The first-order valence-electron chi connectivity index (χ1n) is 8.21. The summed E-state index contributed by atoms with van der Waals surface area (Å²) in [5.41, 5.74) is 0. The number of allylic oxidation sites excluding steroid dienone is 2. The van der Waals surface area contributed by atoms with Crippen LogP contribution in [-0.4, -0.2) is 6.16 Å². The van der Waals surface area contributed by atoms with Crippen molar-refractivity contribution in [3.63, 3.8) is 0 Å². The average Bonchev–Trinajstić information content (AvgIpc) is 2.68. The van der Waals surface area contributed by atoms with Gasteiger partial charge in [-0.25, -0.2) is 0 Å². The third-order valence-corrected chi connectivity index (χ3v) is 11.8.